The van der Waals surface area contributed by atoms with Gasteiger partial charge in [0.25, 0.3) is 5.91 Å². The van der Waals surface area contributed by atoms with Gasteiger partial charge in [-0.2, -0.15) is 0 Å². The molecule has 2 aromatic carbocycles. The molecule has 6 nitrogen and oxygen atoms in total. The summed E-state index contributed by atoms with van der Waals surface area (Å²) in [5.41, 5.74) is 3.27. The number of nitrogens with one attached hydrogen (secondary N) is 1. The average molecular weight is 373 g/mol. The Morgan fingerprint density at radius 3 is 2.61 bits per heavy atom. The fraction of sp³-hybridized carbons (Fsp3) is 0.136. The summed E-state index contributed by atoms with van der Waals surface area (Å²) in [6.45, 7) is 1.53. The monoisotopic (exact) mass is 373 g/mol. The fourth-order valence-corrected chi connectivity index (χ4v) is 3.31. The van der Waals surface area contributed by atoms with Crippen molar-refractivity contribution in [1.82, 2.24) is 4.98 Å². The highest BCUT2D eigenvalue weighted by Gasteiger charge is 2.39. The van der Waals surface area contributed by atoms with Gasteiger partial charge in [-0.25, -0.2) is 0 Å². The summed E-state index contributed by atoms with van der Waals surface area (Å²) in [5, 5.41) is 3.36. The molecule has 3 aromatic rings. The van der Waals surface area contributed by atoms with Crippen LogP contribution in [0.25, 0.3) is 0 Å². The van der Waals surface area contributed by atoms with E-state index in [-0.39, 0.29) is 11.7 Å². The Morgan fingerprint density at radius 2 is 1.89 bits per heavy atom. The molecular weight excluding hydrogens is 354 g/mol. The van der Waals surface area contributed by atoms with Gasteiger partial charge in [-0.1, -0.05) is 12.1 Å². The van der Waals surface area contributed by atoms with Gasteiger partial charge in [-0.15, -0.1) is 0 Å². The molecular formula is C22H19N3O3. The first-order valence-electron chi connectivity index (χ1n) is 8.88. The number of ether oxygens (including phenoxy) is 1. The zero-order valence-electron chi connectivity index (χ0n) is 15.5. The molecule has 1 atom stereocenters. The normalized spacial score (nSPS) is 15.3. The van der Waals surface area contributed by atoms with E-state index in [0.29, 0.717) is 22.6 Å². The molecule has 4 rings (SSSR count). The van der Waals surface area contributed by atoms with Crippen LogP contribution >= 0.6 is 0 Å². The van der Waals surface area contributed by atoms with Gasteiger partial charge in [0.2, 0.25) is 0 Å². The van der Waals surface area contributed by atoms with Crippen molar-refractivity contribution in [3.8, 4) is 5.75 Å². The lowest BCUT2D eigenvalue weighted by Crippen LogP contribution is -2.32. The van der Waals surface area contributed by atoms with E-state index in [1.165, 1.54) is 6.92 Å². The minimum absolute atomic E-state index is 0.0170. The minimum atomic E-state index is -0.487. The second kappa shape index (κ2) is 7.15. The first kappa shape index (κ1) is 17.7. The molecule has 0 aliphatic carbocycles. The quantitative estimate of drug-likeness (QED) is 0.683. The second-order valence-electron chi connectivity index (χ2n) is 6.49. The van der Waals surface area contributed by atoms with E-state index in [2.05, 4.69) is 10.3 Å². The molecule has 0 saturated carbocycles. The molecule has 1 amide bonds. The lowest BCUT2D eigenvalue weighted by atomic mass is 10.1. The summed E-state index contributed by atoms with van der Waals surface area (Å²) in [6, 6.07) is 18.0. The number of benzene rings is 2. The summed E-state index contributed by atoms with van der Waals surface area (Å²) < 4.78 is 5.22. The number of amides is 1. The van der Waals surface area contributed by atoms with Gasteiger partial charge in [-0.05, 0) is 55.5 Å². The maximum absolute atomic E-state index is 13.1. The smallest absolute Gasteiger partial charge is 0.262 e. The zero-order chi connectivity index (χ0) is 19.7. The number of aromatic nitrogens is 1. The lowest BCUT2D eigenvalue weighted by Gasteiger charge is -2.26. The molecule has 6 heteroatoms. The van der Waals surface area contributed by atoms with E-state index >= 15 is 0 Å². The van der Waals surface area contributed by atoms with Gasteiger partial charge >= 0.3 is 0 Å². The second-order valence-corrected chi connectivity index (χ2v) is 6.49. The van der Waals surface area contributed by atoms with Crippen molar-refractivity contribution in [2.75, 3.05) is 17.3 Å². The Morgan fingerprint density at radius 1 is 1.11 bits per heavy atom. The number of carbonyl (C=O) groups is 2. The van der Waals surface area contributed by atoms with Crippen LogP contribution in [-0.4, -0.2) is 23.8 Å². The van der Waals surface area contributed by atoms with Crippen LogP contribution in [0.2, 0.25) is 0 Å². The Balaban J connectivity index is 1.75. The van der Waals surface area contributed by atoms with E-state index in [0.717, 1.165) is 11.4 Å². The third-order valence-electron chi connectivity index (χ3n) is 4.73. The molecule has 1 N–H and O–H groups in total. The molecule has 0 radical (unpaired) electrons. The maximum atomic E-state index is 13.1. The van der Waals surface area contributed by atoms with Crippen LogP contribution < -0.4 is 15.0 Å². The Bertz CT molecular complexity index is 1050. The van der Waals surface area contributed by atoms with Gasteiger partial charge in [0.05, 0.1) is 18.4 Å². The summed E-state index contributed by atoms with van der Waals surface area (Å²) in [5.74, 6) is 0.565. The number of carbonyl (C=O) groups excluding carboxylic acids is 2. The number of rotatable bonds is 5. The lowest BCUT2D eigenvalue weighted by molar-refractivity contribution is 0.0989. The predicted molar refractivity (Wildman–Crippen MR) is 107 cm³/mol. The van der Waals surface area contributed by atoms with Gasteiger partial charge < -0.3 is 10.1 Å². The van der Waals surface area contributed by atoms with Crippen molar-refractivity contribution in [3.63, 3.8) is 0 Å². The van der Waals surface area contributed by atoms with Crippen molar-refractivity contribution >= 4 is 23.1 Å². The molecule has 0 spiro atoms. The zero-order valence-corrected chi connectivity index (χ0v) is 15.5. The number of Topliss-reactive ketones (excluding diaryl/α,β-unsaturated/α-hetero) is 1. The Hall–Kier alpha value is -3.67. The largest absolute Gasteiger partial charge is 0.497 e. The van der Waals surface area contributed by atoms with E-state index in [1.807, 2.05) is 36.4 Å². The van der Waals surface area contributed by atoms with Crippen molar-refractivity contribution in [2.24, 2.45) is 0 Å². The molecule has 140 valence electrons. The highest BCUT2D eigenvalue weighted by molar-refractivity contribution is 6.11. The summed E-state index contributed by atoms with van der Waals surface area (Å²) in [7, 11) is 1.60. The summed E-state index contributed by atoms with van der Waals surface area (Å²) in [6.07, 6.45) is 1.18. The van der Waals surface area contributed by atoms with Crippen LogP contribution in [0.1, 0.15) is 39.5 Å². The Labute approximate surface area is 162 Å². The third kappa shape index (κ3) is 3.09. The predicted octanol–water partition coefficient (Wildman–Crippen LogP) is 4.06. The average Bonchev–Trinajstić information content (AvgIpc) is 3.00. The minimum Gasteiger partial charge on any atom is -0.497 e. The fourth-order valence-electron chi connectivity index (χ4n) is 3.31. The van der Waals surface area contributed by atoms with Crippen LogP contribution in [0.15, 0.2) is 66.9 Å². The highest BCUT2D eigenvalue weighted by atomic mass is 16.5. The number of ketones is 1. The molecule has 0 fully saturated rings. The number of pyridine rings is 1. The number of anilines is 2. The van der Waals surface area contributed by atoms with Crippen molar-refractivity contribution < 1.29 is 14.3 Å². The number of fused-ring (bicyclic) bond motifs is 1. The molecule has 1 aromatic heterocycles. The van der Waals surface area contributed by atoms with Crippen LogP contribution in [-0.2, 0) is 0 Å². The Kier molecular flexibility index (Phi) is 4.53. The summed E-state index contributed by atoms with van der Waals surface area (Å²) in [4.78, 5) is 30.9. The van der Waals surface area contributed by atoms with Crippen LogP contribution in [0.3, 0.4) is 0 Å². The molecule has 1 aliphatic rings. The molecule has 1 aliphatic heterocycles. The van der Waals surface area contributed by atoms with Crippen LogP contribution in [0.4, 0.5) is 11.4 Å². The highest BCUT2D eigenvalue weighted by Crippen LogP contribution is 2.37. The number of methoxy groups -OCH3 is 1. The standard InChI is InChI=1S/C22H19N3O3/c1-14(26)15-5-3-6-16(13-15)24-21-20-19(7-4-12-23-20)22(27)25(21)17-8-10-18(28-2)11-9-17/h3-13,21,24H,1-2H3. The molecule has 0 saturated heterocycles. The van der Waals surface area contributed by atoms with E-state index in [9.17, 15) is 9.59 Å². The first-order valence-corrected chi connectivity index (χ1v) is 8.88. The van der Waals surface area contributed by atoms with Crippen molar-refractivity contribution in [1.29, 1.82) is 0 Å². The van der Waals surface area contributed by atoms with E-state index in [1.54, 1.807) is 42.5 Å². The van der Waals surface area contributed by atoms with Gasteiger partial charge in [0, 0.05) is 23.1 Å². The van der Waals surface area contributed by atoms with Crippen molar-refractivity contribution in [3.05, 3.63) is 83.7 Å². The topological polar surface area (TPSA) is 71.5 Å². The maximum Gasteiger partial charge on any atom is 0.262 e. The van der Waals surface area contributed by atoms with E-state index in [4.69, 9.17) is 4.74 Å². The van der Waals surface area contributed by atoms with Gasteiger partial charge in [0.15, 0.2) is 11.9 Å². The number of nitrogens with zero attached hydrogens (tertiary/aromatic N) is 2. The van der Waals surface area contributed by atoms with E-state index < -0.39 is 6.17 Å². The first-order chi connectivity index (χ1) is 13.6. The third-order valence-corrected chi connectivity index (χ3v) is 4.73. The molecule has 0 bridgehead atoms. The number of hydrogen-bond donors (Lipinski definition) is 1. The van der Waals surface area contributed by atoms with Crippen LogP contribution in [0.5, 0.6) is 5.75 Å². The molecule has 1 unspecified atom stereocenters. The SMILES string of the molecule is COc1ccc(N2C(=O)c3cccnc3C2Nc2cccc(C(C)=O)c2)cc1. The van der Waals surface area contributed by atoms with Crippen LogP contribution in [0, 0.1) is 0 Å². The van der Waals surface area contributed by atoms with Gasteiger partial charge in [-0.3, -0.25) is 19.5 Å². The molecule has 2 heterocycles. The summed E-state index contributed by atoms with van der Waals surface area (Å²) >= 11 is 0. The molecule has 28 heavy (non-hydrogen) atoms. The number of hydrogen-bond acceptors (Lipinski definition) is 5. The van der Waals surface area contributed by atoms with Gasteiger partial charge in [0.1, 0.15) is 5.75 Å². The van der Waals surface area contributed by atoms with Crippen molar-refractivity contribution in [2.45, 2.75) is 13.1 Å².